The van der Waals surface area contributed by atoms with Crippen molar-refractivity contribution >= 4 is 23.2 Å². The third kappa shape index (κ3) is 3.19. The van der Waals surface area contributed by atoms with Crippen LogP contribution in [0.3, 0.4) is 0 Å². The minimum atomic E-state index is -0.475. The lowest BCUT2D eigenvalue weighted by atomic mass is 10.0. The fourth-order valence-corrected chi connectivity index (χ4v) is 3.37. The minimum absolute atomic E-state index is 0.108. The van der Waals surface area contributed by atoms with Crippen molar-refractivity contribution < 1.29 is 9.53 Å². The van der Waals surface area contributed by atoms with E-state index in [1.165, 1.54) is 0 Å². The molecule has 0 saturated carbocycles. The Hall–Kier alpha value is -2.21. The first-order chi connectivity index (χ1) is 11.5. The van der Waals surface area contributed by atoms with Crippen molar-refractivity contribution in [2.75, 3.05) is 18.1 Å². The molecular formula is C17H21ClN4O2. The molecule has 2 N–H and O–H groups in total. The quantitative estimate of drug-likeness (QED) is 0.899. The van der Waals surface area contributed by atoms with Crippen LogP contribution in [-0.2, 0) is 24.8 Å². The number of hydrogen-bond donors (Lipinski definition) is 1. The van der Waals surface area contributed by atoms with Gasteiger partial charge in [-0.3, -0.25) is 9.48 Å². The number of aryl methyl sites for hydroxylation is 2. The van der Waals surface area contributed by atoms with Crippen molar-refractivity contribution in [1.82, 2.24) is 9.78 Å². The number of benzene rings is 1. The van der Waals surface area contributed by atoms with Crippen LogP contribution in [0.4, 0.5) is 5.69 Å². The zero-order chi connectivity index (χ0) is 17.3. The fourth-order valence-electron chi connectivity index (χ4n) is 3.15. The molecule has 0 spiro atoms. The number of rotatable bonds is 5. The number of hydrogen-bond acceptors (Lipinski definition) is 4. The van der Waals surface area contributed by atoms with Crippen molar-refractivity contribution in [2.45, 2.75) is 26.3 Å². The number of carbonyl (C=O) groups is 1. The Bertz CT molecular complexity index is 772. The third-order valence-electron chi connectivity index (χ3n) is 4.28. The Morgan fingerprint density at radius 2 is 2.25 bits per heavy atom. The van der Waals surface area contributed by atoms with Crippen molar-refractivity contribution in [3.8, 4) is 5.75 Å². The van der Waals surface area contributed by atoms with E-state index in [0.717, 1.165) is 47.8 Å². The monoisotopic (exact) mass is 348 g/mol. The molecule has 0 atom stereocenters. The van der Waals surface area contributed by atoms with Gasteiger partial charge < -0.3 is 15.4 Å². The largest absolute Gasteiger partial charge is 0.483 e. The summed E-state index contributed by atoms with van der Waals surface area (Å²) in [5, 5.41) is 5.09. The molecule has 0 aliphatic carbocycles. The lowest BCUT2D eigenvalue weighted by Gasteiger charge is -2.32. The summed E-state index contributed by atoms with van der Waals surface area (Å²) in [6.45, 7) is 3.42. The maximum Gasteiger partial charge on any atom is 0.255 e. The van der Waals surface area contributed by atoms with Crippen molar-refractivity contribution in [3.63, 3.8) is 0 Å². The maximum atomic E-state index is 11.0. The number of nitrogens with two attached hydrogens (primary N) is 1. The molecule has 2 heterocycles. The van der Waals surface area contributed by atoms with Crippen LogP contribution in [0.5, 0.6) is 5.75 Å². The van der Waals surface area contributed by atoms with Crippen LogP contribution in [0.1, 0.15) is 23.4 Å². The van der Waals surface area contributed by atoms with E-state index < -0.39 is 5.91 Å². The van der Waals surface area contributed by atoms with Crippen LogP contribution in [0, 0.1) is 6.92 Å². The molecule has 128 valence electrons. The zero-order valence-electron chi connectivity index (χ0n) is 13.9. The van der Waals surface area contributed by atoms with Crippen molar-refractivity contribution in [1.29, 1.82) is 0 Å². The highest BCUT2D eigenvalue weighted by molar-refractivity contribution is 6.31. The summed E-state index contributed by atoms with van der Waals surface area (Å²) in [6, 6.07) is 5.89. The molecule has 3 rings (SSSR count). The van der Waals surface area contributed by atoms with E-state index in [1.54, 1.807) is 0 Å². The molecule has 7 heteroatoms. The predicted molar refractivity (Wildman–Crippen MR) is 93.5 cm³/mol. The van der Waals surface area contributed by atoms with Gasteiger partial charge in [-0.05, 0) is 31.9 Å². The van der Waals surface area contributed by atoms with E-state index in [1.807, 2.05) is 30.8 Å². The molecule has 0 bridgehead atoms. The summed E-state index contributed by atoms with van der Waals surface area (Å²) in [6.07, 6.45) is 1.93. The van der Waals surface area contributed by atoms with E-state index in [2.05, 4.69) is 16.1 Å². The van der Waals surface area contributed by atoms with Crippen LogP contribution in [0.25, 0.3) is 0 Å². The second-order valence-electron chi connectivity index (χ2n) is 6.00. The smallest absolute Gasteiger partial charge is 0.255 e. The highest BCUT2D eigenvalue weighted by Crippen LogP contribution is 2.35. The first kappa shape index (κ1) is 16.6. The molecule has 0 fully saturated rings. The van der Waals surface area contributed by atoms with E-state index >= 15 is 0 Å². The van der Waals surface area contributed by atoms with Gasteiger partial charge in [0.15, 0.2) is 6.61 Å². The number of amides is 1. The van der Waals surface area contributed by atoms with Gasteiger partial charge in [-0.25, -0.2) is 0 Å². The van der Waals surface area contributed by atoms with Gasteiger partial charge in [-0.2, -0.15) is 5.10 Å². The fraction of sp³-hybridized carbons (Fsp3) is 0.412. The molecule has 0 radical (unpaired) electrons. The molecule has 1 aliphatic heterocycles. The Kier molecular flexibility index (Phi) is 4.66. The van der Waals surface area contributed by atoms with Gasteiger partial charge in [0.25, 0.3) is 5.91 Å². The highest BCUT2D eigenvalue weighted by atomic mass is 35.5. The zero-order valence-corrected chi connectivity index (χ0v) is 14.6. The van der Waals surface area contributed by atoms with E-state index in [0.29, 0.717) is 11.6 Å². The number of carbonyl (C=O) groups excluding carboxylic acids is 1. The molecule has 2 aromatic rings. The molecule has 1 amide bonds. The van der Waals surface area contributed by atoms with Crippen LogP contribution >= 0.6 is 11.6 Å². The van der Waals surface area contributed by atoms with E-state index in [-0.39, 0.29) is 6.61 Å². The van der Waals surface area contributed by atoms with Gasteiger partial charge in [0.2, 0.25) is 0 Å². The van der Waals surface area contributed by atoms with Crippen LogP contribution in [0.15, 0.2) is 18.2 Å². The standard InChI is InChI=1S/C17H21ClN4O2/c1-11-17(18)14(21(2)20-11)9-22-8-4-5-12-13(22)6-3-7-15(12)24-10-16(19)23/h3,6-7H,4-5,8-10H2,1-2H3,(H2,19,23). The normalized spacial score (nSPS) is 13.7. The molecular weight excluding hydrogens is 328 g/mol. The molecule has 1 aromatic heterocycles. The van der Waals surface area contributed by atoms with Gasteiger partial charge in [-0.1, -0.05) is 17.7 Å². The van der Waals surface area contributed by atoms with Crippen LogP contribution in [-0.4, -0.2) is 28.8 Å². The molecule has 0 unspecified atom stereocenters. The first-order valence-electron chi connectivity index (χ1n) is 7.93. The number of aromatic nitrogens is 2. The summed E-state index contributed by atoms with van der Waals surface area (Å²) in [4.78, 5) is 13.3. The number of fused-ring (bicyclic) bond motifs is 1. The van der Waals surface area contributed by atoms with Gasteiger partial charge >= 0.3 is 0 Å². The van der Waals surface area contributed by atoms with Gasteiger partial charge in [0.1, 0.15) is 5.75 Å². The number of halogens is 1. The van der Waals surface area contributed by atoms with Gasteiger partial charge in [0.05, 0.1) is 23.0 Å². The Labute approximate surface area is 146 Å². The third-order valence-corrected chi connectivity index (χ3v) is 4.77. The lowest BCUT2D eigenvalue weighted by Crippen LogP contribution is -2.30. The highest BCUT2D eigenvalue weighted by Gasteiger charge is 2.23. The SMILES string of the molecule is Cc1nn(C)c(CN2CCCc3c(OCC(N)=O)cccc32)c1Cl. The number of nitrogens with zero attached hydrogens (tertiary/aromatic N) is 3. The predicted octanol–water partition coefficient (Wildman–Crippen LogP) is 2.20. The molecule has 0 saturated heterocycles. The Balaban J connectivity index is 1.89. The number of anilines is 1. The van der Waals surface area contributed by atoms with Crippen LogP contribution < -0.4 is 15.4 Å². The number of primary amides is 1. The Morgan fingerprint density at radius 1 is 1.46 bits per heavy atom. The maximum absolute atomic E-state index is 11.0. The molecule has 24 heavy (non-hydrogen) atoms. The Morgan fingerprint density at radius 3 is 2.92 bits per heavy atom. The second-order valence-corrected chi connectivity index (χ2v) is 6.38. The lowest BCUT2D eigenvalue weighted by molar-refractivity contribution is -0.119. The van der Waals surface area contributed by atoms with Crippen LogP contribution in [0.2, 0.25) is 5.02 Å². The topological polar surface area (TPSA) is 73.4 Å². The first-order valence-corrected chi connectivity index (χ1v) is 8.31. The second kappa shape index (κ2) is 6.73. The summed E-state index contributed by atoms with van der Waals surface area (Å²) < 4.78 is 7.40. The van der Waals surface area contributed by atoms with Gasteiger partial charge in [0, 0.05) is 24.8 Å². The van der Waals surface area contributed by atoms with Crippen molar-refractivity contribution in [3.05, 3.63) is 40.2 Å². The van der Waals surface area contributed by atoms with E-state index in [9.17, 15) is 4.79 Å². The summed E-state index contributed by atoms with van der Waals surface area (Å²) in [5.74, 6) is 0.251. The molecule has 1 aliphatic rings. The summed E-state index contributed by atoms with van der Waals surface area (Å²) in [7, 11) is 1.91. The molecule has 6 nitrogen and oxygen atoms in total. The number of ether oxygens (including phenoxy) is 1. The molecule has 1 aromatic carbocycles. The summed E-state index contributed by atoms with van der Waals surface area (Å²) in [5.41, 5.74) is 9.23. The summed E-state index contributed by atoms with van der Waals surface area (Å²) >= 11 is 6.39. The van der Waals surface area contributed by atoms with Crippen molar-refractivity contribution in [2.24, 2.45) is 12.8 Å². The van der Waals surface area contributed by atoms with Gasteiger partial charge in [-0.15, -0.1) is 0 Å². The van der Waals surface area contributed by atoms with E-state index in [4.69, 9.17) is 22.1 Å². The average molecular weight is 349 g/mol. The minimum Gasteiger partial charge on any atom is -0.483 e. The average Bonchev–Trinajstić information content (AvgIpc) is 2.79.